The Hall–Kier alpha value is -1.23. The monoisotopic (exact) mass is 240 g/mol. The largest absolute Gasteiger partial charge is 0.394 e. The van der Waals surface area contributed by atoms with Crippen molar-refractivity contribution in [3.63, 3.8) is 0 Å². The van der Waals surface area contributed by atoms with Crippen LogP contribution in [0.4, 0.5) is 11.5 Å². The fraction of sp³-hybridized carbons (Fsp3) is 0.750. The predicted molar refractivity (Wildman–Crippen MR) is 71.4 cm³/mol. The summed E-state index contributed by atoms with van der Waals surface area (Å²) in [5, 5.41) is 4.49. The van der Waals surface area contributed by atoms with Crippen molar-refractivity contribution >= 4 is 11.5 Å². The summed E-state index contributed by atoms with van der Waals surface area (Å²) < 4.78 is 7.13. The first-order valence-corrected chi connectivity index (χ1v) is 6.22. The lowest BCUT2D eigenvalue weighted by Gasteiger charge is -2.24. The van der Waals surface area contributed by atoms with E-state index in [0.717, 1.165) is 43.3 Å². The van der Waals surface area contributed by atoms with Crippen molar-refractivity contribution in [2.24, 2.45) is 0 Å². The quantitative estimate of drug-likeness (QED) is 0.787. The summed E-state index contributed by atoms with van der Waals surface area (Å²) in [5.74, 6) is 1.03. The number of hydrogen-bond acceptors (Lipinski definition) is 4. The van der Waals surface area contributed by atoms with Gasteiger partial charge in [-0.15, -0.1) is 0 Å². The van der Waals surface area contributed by atoms with Crippen LogP contribution in [0.1, 0.15) is 26.0 Å². The van der Waals surface area contributed by atoms with Crippen LogP contribution in [0.2, 0.25) is 0 Å². The number of ether oxygens (including phenoxy) is 1. The minimum atomic E-state index is 0.698. The molecule has 0 saturated carbocycles. The number of anilines is 2. The first-order valence-electron chi connectivity index (χ1n) is 6.22. The van der Waals surface area contributed by atoms with Crippen LogP contribution in [0.15, 0.2) is 0 Å². The molecular formula is C12H24N4O. The number of aryl methyl sites for hydroxylation is 2. The Labute approximate surface area is 104 Å². The standard InChI is InChI=1S/C12H24N4O/c1-5-7-16-12(11(13)10(3)14-16)15(6-2)8-9-17-4/h5-9,13H2,1-4H3. The van der Waals surface area contributed by atoms with E-state index in [4.69, 9.17) is 10.5 Å². The zero-order valence-corrected chi connectivity index (χ0v) is 11.4. The number of rotatable bonds is 7. The van der Waals surface area contributed by atoms with E-state index in [1.54, 1.807) is 7.11 Å². The molecule has 0 unspecified atom stereocenters. The van der Waals surface area contributed by atoms with Crippen molar-refractivity contribution in [2.75, 3.05) is 37.4 Å². The molecule has 1 heterocycles. The fourth-order valence-electron chi connectivity index (χ4n) is 1.90. The SMILES string of the molecule is CCCn1nc(C)c(N)c1N(CC)CCOC. The van der Waals surface area contributed by atoms with E-state index in [-0.39, 0.29) is 0 Å². The molecule has 0 bridgehead atoms. The van der Waals surface area contributed by atoms with E-state index in [9.17, 15) is 0 Å². The summed E-state index contributed by atoms with van der Waals surface area (Å²) in [7, 11) is 1.71. The molecule has 0 radical (unpaired) electrons. The lowest BCUT2D eigenvalue weighted by Crippen LogP contribution is -2.29. The third kappa shape index (κ3) is 3.12. The molecule has 0 atom stereocenters. The molecule has 5 heteroatoms. The highest BCUT2D eigenvalue weighted by Crippen LogP contribution is 2.26. The van der Waals surface area contributed by atoms with Crippen LogP contribution in [0, 0.1) is 6.92 Å². The Morgan fingerprint density at radius 3 is 2.65 bits per heavy atom. The van der Waals surface area contributed by atoms with Crippen molar-refractivity contribution < 1.29 is 4.74 Å². The minimum Gasteiger partial charge on any atom is -0.394 e. The van der Waals surface area contributed by atoms with E-state index in [0.29, 0.717) is 6.61 Å². The van der Waals surface area contributed by atoms with Gasteiger partial charge in [-0.1, -0.05) is 6.92 Å². The Morgan fingerprint density at radius 1 is 1.41 bits per heavy atom. The van der Waals surface area contributed by atoms with Crippen LogP contribution in [0.25, 0.3) is 0 Å². The summed E-state index contributed by atoms with van der Waals surface area (Å²) in [5.41, 5.74) is 7.81. The molecule has 5 nitrogen and oxygen atoms in total. The topological polar surface area (TPSA) is 56.3 Å². The third-order valence-electron chi connectivity index (χ3n) is 2.83. The number of nitrogens with two attached hydrogens (primary N) is 1. The molecule has 1 aromatic rings. The second kappa shape index (κ2) is 6.49. The van der Waals surface area contributed by atoms with Gasteiger partial charge in [-0.2, -0.15) is 5.10 Å². The Bertz CT molecular complexity index is 349. The summed E-state index contributed by atoms with van der Waals surface area (Å²) >= 11 is 0. The minimum absolute atomic E-state index is 0.698. The molecule has 17 heavy (non-hydrogen) atoms. The van der Waals surface area contributed by atoms with Gasteiger partial charge in [-0.3, -0.25) is 0 Å². The predicted octanol–water partition coefficient (Wildman–Crippen LogP) is 1.66. The highest BCUT2D eigenvalue weighted by molar-refractivity contribution is 5.66. The average Bonchev–Trinajstić information content (AvgIpc) is 2.58. The smallest absolute Gasteiger partial charge is 0.150 e. The van der Waals surface area contributed by atoms with E-state index in [1.165, 1.54) is 0 Å². The Kier molecular flexibility index (Phi) is 5.28. The van der Waals surface area contributed by atoms with Crippen LogP contribution < -0.4 is 10.6 Å². The molecule has 0 amide bonds. The number of nitrogen functional groups attached to an aromatic ring is 1. The van der Waals surface area contributed by atoms with E-state index < -0.39 is 0 Å². The number of likely N-dealkylation sites (N-methyl/N-ethyl adjacent to an activating group) is 1. The summed E-state index contributed by atoms with van der Waals surface area (Å²) in [6.45, 7) is 9.56. The molecule has 0 fully saturated rings. The van der Waals surface area contributed by atoms with Crippen molar-refractivity contribution in [3.8, 4) is 0 Å². The van der Waals surface area contributed by atoms with E-state index in [2.05, 4.69) is 23.8 Å². The van der Waals surface area contributed by atoms with Gasteiger partial charge in [0, 0.05) is 26.7 Å². The van der Waals surface area contributed by atoms with Gasteiger partial charge < -0.3 is 15.4 Å². The van der Waals surface area contributed by atoms with Crippen molar-refractivity contribution in [2.45, 2.75) is 33.7 Å². The average molecular weight is 240 g/mol. The van der Waals surface area contributed by atoms with E-state index in [1.807, 2.05) is 11.6 Å². The summed E-state index contributed by atoms with van der Waals surface area (Å²) in [6, 6.07) is 0. The highest BCUT2D eigenvalue weighted by Gasteiger charge is 2.17. The second-order valence-corrected chi connectivity index (χ2v) is 4.12. The zero-order valence-electron chi connectivity index (χ0n) is 11.4. The molecule has 2 N–H and O–H groups in total. The van der Waals surface area contributed by atoms with Crippen LogP contribution >= 0.6 is 0 Å². The zero-order chi connectivity index (χ0) is 12.8. The van der Waals surface area contributed by atoms with Gasteiger partial charge in [0.05, 0.1) is 18.0 Å². The molecule has 0 aliphatic rings. The summed E-state index contributed by atoms with van der Waals surface area (Å²) in [4.78, 5) is 2.22. The molecule has 0 aromatic carbocycles. The molecule has 1 rings (SSSR count). The normalized spacial score (nSPS) is 10.8. The Morgan fingerprint density at radius 2 is 2.12 bits per heavy atom. The van der Waals surface area contributed by atoms with E-state index >= 15 is 0 Å². The lowest BCUT2D eigenvalue weighted by molar-refractivity contribution is 0.205. The van der Waals surface area contributed by atoms with Gasteiger partial charge in [-0.05, 0) is 20.3 Å². The first-order chi connectivity index (χ1) is 8.15. The third-order valence-corrected chi connectivity index (χ3v) is 2.83. The van der Waals surface area contributed by atoms with Crippen LogP contribution in [-0.4, -0.2) is 36.6 Å². The molecule has 0 aliphatic carbocycles. The maximum atomic E-state index is 6.12. The fourth-order valence-corrected chi connectivity index (χ4v) is 1.90. The molecule has 1 aromatic heterocycles. The van der Waals surface area contributed by atoms with Gasteiger partial charge in [0.15, 0.2) is 5.82 Å². The van der Waals surface area contributed by atoms with Gasteiger partial charge in [-0.25, -0.2) is 4.68 Å². The number of methoxy groups -OCH3 is 1. The number of hydrogen-bond donors (Lipinski definition) is 1. The van der Waals surface area contributed by atoms with Crippen LogP contribution in [0.3, 0.4) is 0 Å². The van der Waals surface area contributed by atoms with Crippen molar-refractivity contribution in [1.29, 1.82) is 0 Å². The van der Waals surface area contributed by atoms with Crippen LogP contribution in [-0.2, 0) is 11.3 Å². The van der Waals surface area contributed by atoms with Crippen molar-refractivity contribution in [3.05, 3.63) is 5.69 Å². The van der Waals surface area contributed by atoms with Gasteiger partial charge >= 0.3 is 0 Å². The van der Waals surface area contributed by atoms with Gasteiger partial charge in [0.25, 0.3) is 0 Å². The molecule has 0 spiro atoms. The lowest BCUT2D eigenvalue weighted by atomic mass is 10.3. The maximum Gasteiger partial charge on any atom is 0.150 e. The first kappa shape index (κ1) is 13.8. The summed E-state index contributed by atoms with van der Waals surface area (Å²) in [6.07, 6.45) is 1.05. The molecule has 0 aliphatic heterocycles. The van der Waals surface area contributed by atoms with Crippen LogP contribution in [0.5, 0.6) is 0 Å². The molecular weight excluding hydrogens is 216 g/mol. The second-order valence-electron chi connectivity index (χ2n) is 4.12. The molecule has 0 saturated heterocycles. The van der Waals surface area contributed by atoms with Gasteiger partial charge in [0.2, 0.25) is 0 Å². The number of aromatic nitrogens is 2. The highest BCUT2D eigenvalue weighted by atomic mass is 16.5. The van der Waals surface area contributed by atoms with Crippen molar-refractivity contribution in [1.82, 2.24) is 9.78 Å². The van der Waals surface area contributed by atoms with Gasteiger partial charge in [0.1, 0.15) is 0 Å². The Balaban J connectivity index is 2.98. The molecule has 98 valence electrons. The maximum absolute atomic E-state index is 6.12. The number of nitrogens with zero attached hydrogens (tertiary/aromatic N) is 3.